The third-order valence-corrected chi connectivity index (χ3v) is 6.11. The quantitative estimate of drug-likeness (QED) is 0.898. The minimum absolute atomic E-state index is 0.359. The molecule has 0 bridgehead atoms. The maximum atomic E-state index is 12.7. The SMILES string of the molecule is CCn1cc(S(=O)(=O)N2CCC(C(C)C)C2)cc1CN. The van der Waals surface area contributed by atoms with Crippen LogP contribution in [0.2, 0.25) is 0 Å². The smallest absolute Gasteiger partial charge is 0.244 e. The molecule has 20 heavy (non-hydrogen) atoms. The molecule has 1 aliphatic rings. The Labute approximate surface area is 121 Å². The zero-order chi connectivity index (χ0) is 14.9. The Hall–Kier alpha value is -0.850. The van der Waals surface area contributed by atoms with E-state index in [1.165, 1.54) is 0 Å². The molecule has 1 aromatic rings. The third-order valence-electron chi connectivity index (χ3n) is 4.28. The van der Waals surface area contributed by atoms with Gasteiger partial charge in [-0.15, -0.1) is 0 Å². The highest BCUT2D eigenvalue weighted by Gasteiger charge is 2.34. The molecule has 1 aromatic heterocycles. The summed E-state index contributed by atoms with van der Waals surface area (Å²) in [5, 5.41) is 0. The van der Waals surface area contributed by atoms with Gasteiger partial charge in [-0.3, -0.25) is 0 Å². The molecule has 1 unspecified atom stereocenters. The second-order valence-corrected chi connectivity index (χ2v) is 7.75. The second kappa shape index (κ2) is 5.87. The topological polar surface area (TPSA) is 68.3 Å². The van der Waals surface area contributed by atoms with E-state index in [1.54, 1.807) is 16.6 Å². The summed E-state index contributed by atoms with van der Waals surface area (Å²) in [5.41, 5.74) is 6.54. The van der Waals surface area contributed by atoms with Crippen molar-refractivity contribution in [2.45, 2.75) is 45.2 Å². The Morgan fingerprint density at radius 1 is 1.45 bits per heavy atom. The lowest BCUT2D eigenvalue weighted by Crippen LogP contribution is -2.29. The Morgan fingerprint density at radius 3 is 2.60 bits per heavy atom. The van der Waals surface area contributed by atoms with Crippen molar-refractivity contribution < 1.29 is 8.42 Å². The summed E-state index contributed by atoms with van der Waals surface area (Å²) in [4.78, 5) is 0.379. The first-order valence-electron chi connectivity index (χ1n) is 7.29. The molecule has 2 N–H and O–H groups in total. The zero-order valence-electron chi connectivity index (χ0n) is 12.5. The number of aryl methyl sites for hydroxylation is 1. The first-order valence-corrected chi connectivity index (χ1v) is 8.73. The average molecular weight is 299 g/mol. The van der Waals surface area contributed by atoms with E-state index in [-0.39, 0.29) is 0 Å². The van der Waals surface area contributed by atoms with Crippen LogP contribution in [0.4, 0.5) is 0 Å². The van der Waals surface area contributed by atoms with E-state index < -0.39 is 10.0 Å². The fourth-order valence-electron chi connectivity index (χ4n) is 2.80. The highest BCUT2D eigenvalue weighted by atomic mass is 32.2. The van der Waals surface area contributed by atoms with Gasteiger partial charge >= 0.3 is 0 Å². The van der Waals surface area contributed by atoms with Gasteiger partial charge in [-0.25, -0.2) is 8.42 Å². The van der Waals surface area contributed by atoms with Crippen LogP contribution in [0.1, 0.15) is 32.9 Å². The fraction of sp³-hybridized carbons (Fsp3) is 0.714. The number of hydrogen-bond acceptors (Lipinski definition) is 3. The molecule has 1 saturated heterocycles. The molecule has 0 saturated carbocycles. The number of rotatable bonds is 5. The average Bonchev–Trinajstić information content (AvgIpc) is 3.05. The van der Waals surface area contributed by atoms with Crippen LogP contribution in [0.5, 0.6) is 0 Å². The molecule has 0 radical (unpaired) electrons. The molecular weight excluding hydrogens is 274 g/mol. The lowest BCUT2D eigenvalue weighted by atomic mass is 9.96. The minimum Gasteiger partial charge on any atom is -0.349 e. The van der Waals surface area contributed by atoms with Crippen LogP contribution in [0.3, 0.4) is 0 Å². The van der Waals surface area contributed by atoms with Crippen LogP contribution in [-0.4, -0.2) is 30.4 Å². The summed E-state index contributed by atoms with van der Waals surface area (Å²) < 4.78 is 28.9. The van der Waals surface area contributed by atoms with Crippen molar-refractivity contribution in [2.24, 2.45) is 17.6 Å². The van der Waals surface area contributed by atoms with Crippen molar-refractivity contribution >= 4 is 10.0 Å². The normalized spacial score (nSPS) is 20.9. The Kier molecular flexibility index (Phi) is 4.56. The van der Waals surface area contributed by atoms with Gasteiger partial charge in [0.05, 0.1) is 0 Å². The van der Waals surface area contributed by atoms with Crippen LogP contribution in [-0.2, 0) is 23.1 Å². The Morgan fingerprint density at radius 2 is 2.15 bits per heavy atom. The van der Waals surface area contributed by atoms with Crippen molar-refractivity contribution in [3.05, 3.63) is 18.0 Å². The highest BCUT2D eigenvalue weighted by molar-refractivity contribution is 7.89. The second-order valence-electron chi connectivity index (χ2n) is 5.81. The van der Waals surface area contributed by atoms with Gasteiger partial charge in [-0.1, -0.05) is 13.8 Å². The molecule has 2 heterocycles. The maximum Gasteiger partial charge on any atom is 0.244 e. The van der Waals surface area contributed by atoms with Crippen LogP contribution in [0, 0.1) is 11.8 Å². The molecular formula is C14H25N3O2S. The number of aromatic nitrogens is 1. The number of hydrogen-bond donors (Lipinski definition) is 1. The molecule has 0 aromatic carbocycles. The van der Waals surface area contributed by atoms with Gasteiger partial charge in [-0.2, -0.15) is 4.31 Å². The van der Waals surface area contributed by atoms with E-state index in [0.717, 1.165) is 18.7 Å². The summed E-state index contributed by atoms with van der Waals surface area (Å²) in [5.74, 6) is 0.988. The van der Waals surface area contributed by atoms with Crippen LogP contribution < -0.4 is 5.73 Å². The fourth-order valence-corrected chi connectivity index (χ4v) is 4.38. The monoisotopic (exact) mass is 299 g/mol. The maximum absolute atomic E-state index is 12.7. The summed E-state index contributed by atoms with van der Waals surface area (Å²) in [6, 6.07) is 1.71. The first kappa shape index (κ1) is 15.5. The predicted molar refractivity (Wildman–Crippen MR) is 79.7 cm³/mol. The molecule has 0 amide bonds. The molecule has 114 valence electrons. The van der Waals surface area contributed by atoms with Crippen LogP contribution >= 0.6 is 0 Å². The van der Waals surface area contributed by atoms with E-state index in [2.05, 4.69) is 13.8 Å². The first-order chi connectivity index (χ1) is 9.40. The summed E-state index contributed by atoms with van der Waals surface area (Å²) in [6.07, 6.45) is 2.66. The van der Waals surface area contributed by atoms with Gasteiger partial charge in [0.15, 0.2) is 0 Å². The Bertz CT molecular complexity index is 541. The molecule has 0 aliphatic carbocycles. The predicted octanol–water partition coefficient (Wildman–Crippen LogP) is 1.63. The van der Waals surface area contributed by atoms with Crippen molar-refractivity contribution in [3.63, 3.8) is 0 Å². The van der Waals surface area contributed by atoms with Gasteiger partial charge in [-0.05, 0) is 31.2 Å². The summed E-state index contributed by atoms with van der Waals surface area (Å²) >= 11 is 0. The van der Waals surface area contributed by atoms with E-state index in [1.807, 2.05) is 11.5 Å². The van der Waals surface area contributed by atoms with E-state index in [9.17, 15) is 8.42 Å². The molecule has 1 fully saturated rings. The van der Waals surface area contributed by atoms with Crippen molar-refractivity contribution in [3.8, 4) is 0 Å². The van der Waals surface area contributed by atoms with Crippen LogP contribution in [0.15, 0.2) is 17.2 Å². The molecule has 6 heteroatoms. The molecule has 1 atom stereocenters. The lowest BCUT2D eigenvalue weighted by molar-refractivity contribution is 0.388. The van der Waals surface area contributed by atoms with Crippen molar-refractivity contribution in [1.29, 1.82) is 0 Å². The molecule has 2 rings (SSSR count). The summed E-state index contributed by atoms with van der Waals surface area (Å²) in [6.45, 7) is 8.65. The molecule has 5 nitrogen and oxygen atoms in total. The molecule has 1 aliphatic heterocycles. The lowest BCUT2D eigenvalue weighted by Gasteiger charge is -2.17. The van der Waals surface area contributed by atoms with Crippen molar-refractivity contribution in [1.82, 2.24) is 8.87 Å². The largest absolute Gasteiger partial charge is 0.349 e. The molecule has 0 spiro atoms. The minimum atomic E-state index is -3.37. The number of sulfonamides is 1. The van der Waals surface area contributed by atoms with Gasteiger partial charge in [0, 0.05) is 38.1 Å². The van der Waals surface area contributed by atoms with Gasteiger partial charge < -0.3 is 10.3 Å². The number of nitrogens with zero attached hydrogens (tertiary/aromatic N) is 2. The number of nitrogens with two attached hydrogens (primary N) is 1. The van der Waals surface area contributed by atoms with E-state index in [0.29, 0.717) is 36.4 Å². The van der Waals surface area contributed by atoms with Crippen molar-refractivity contribution in [2.75, 3.05) is 13.1 Å². The van der Waals surface area contributed by atoms with Gasteiger partial charge in [0.2, 0.25) is 10.0 Å². The van der Waals surface area contributed by atoms with E-state index in [4.69, 9.17) is 5.73 Å². The third kappa shape index (κ3) is 2.77. The van der Waals surface area contributed by atoms with Gasteiger partial charge in [0.1, 0.15) is 4.90 Å². The summed E-state index contributed by atoms with van der Waals surface area (Å²) in [7, 11) is -3.37. The Balaban J connectivity index is 2.25. The van der Waals surface area contributed by atoms with Crippen LogP contribution in [0.25, 0.3) is 0 Å². The highest BCUT2D eigenvalue weighted by Crippen LogP contribution is 2.29. The zero-order valence-corrected chi connectivity index (χ0v) is 13.4. The standard InChI is InChI=1S/C14H25N3O2S/c1-4-16-10-14(7-13(16)8-15)20(18,19)17-6-5-12(9-17)11(2)3/h7,10-12H,4-6,8-9,15H2,1-3H3. The van der Waals surface area contributed by atoms with E-state index >= 15 is 0 Å². The van der Waals surface area contributed by atoms with Gasteiger partial charge in [0.25, 0.3) is 0 Å².